The predicted octanol–water partition coefficient (Wildman–Crippen LogP) is 2.92. The third-order valence-corrected chi connectivity index (χ3v) is 4.49. The Morgan fingerprint density at radius 1 is 1.20 bits per heavy atom. The first-order valence-electron chi connectivity index (χ1n) is 8.64. The SMILES string of the molecule is CCCNC(=O)N1CCCN(C(=O)c2cc(Cl)cc(C)c2OC)CC1. The number of nitrogens with one attached hydrogen (secondary N) is 1. The van der Waals surface area contributed by atoms with Crippen molar-refractivity contribution in [1.29, 1.82) is 0 Å². The molecule has 0 bridgehead atoms. The minimum Gasteiger partial charge on any atom is -0.496 e. The van der Waals surface area contributed by atoms with E-state index in [9.17, 15) is 9.59 Å². The fourth-order valence-electron chi connectivity index (χ4n) is 3.00. The third kappa shape index (κ3) is 4.78. The van der Waals surface area contributed by atoms with Crippen molar-refractivity contribution < 1.29 is 14.3 Å². The number of ether oxygens (including phenoxy) is 1. The van der Waals surface area contributed by atoms with Crippen molar-refractivity contribution in [2.45, 2.75) is 26.7 Å². The molecule has 1 aliphatic rings. The first kappa shape index (κ1) is 19.4. The summed E-state index contributed by atoms with van der Waals surface area (Å²) in [4.78, 5) is 28.6. The number of hydrogen-bond acceptors (Lipinski definition) is 3. The number of rotatable bonds is 4. The first-order valence-corrected chi connectivity index (χ1v) is 9.02. The lowest BCUT2D eigenvalue weighted by Gasteiger charge is -2.23. The summed E-state index contributed by atoms with van der Waals surface area (Å²) in [6, 6.07) is 3.36. The van der Waals surface area contributed by atoms with Crippen LogP contribution in [-0.2, 0) is 0 Å². The average Bonchev–Trinajstić information content (AvgIpc) is 2.84. The second kappa shape index (κ2) is 8.94. The summed E-state index contributed by atoms with van der Waals surface area (Å²) in [7, 11) is 1.55. The van der Waals surface area contributed by atoms with E-state index >= 15 is 0 Å². The largest absolute Gasteiger partial charge is 0.496 e. The summed E-state index contributed by atoms with van der Waals surface area (Å²) >= 11 is 6.12. The molecular weight excluding hydrogens is 342 g/mol. The molecule has 0 radical (unpaired) electrons. The summed E-state index contributed by atoms with van der Waals surface area (Å²) < 4.78 is 5.40. The van der Waals surface area contributed by atoms with Gasteiger partial charge < -0.3 is 19.9 Å². The van der Waals surface area contributed by atoms with E-state index < -0.39 is 0 Å². The van der Waals surface area contributed by atoms with Gasteiger partial charge in [-0.2, -0.15) is 0 Å². The zero-order chi connectivity index (χ0) is 18.4. The van der Waals surface area contributed by atoms with E-state index in [1.54, 1.807) is 29.0 Å². The summed E-state index contributed by atoms with van der Waals surface area (Å²) in [5.74, 6) is 0.439. The summed E-state index contributed by atoms with van der Waals surface area (Å²) in [6.45, 7) is 6.80. The molecule has 0 aromatic heterocycles. The number of amides is 3. The smallest absolute Gasteiger partial charge is 0.317 e. The molecule has 1 aromatic carbocycles. The van der Waals surface area contributed by atoms with E-state index in [1.807, 2.05) is 13.8 Å². The Balaban J connectivity index is 2.10. The highest BCUT2D eigenvalue weighted by Gasteiger charge is 2.25. The van der Waals surface area contributed by atoms with Gasteiger partial charge >= 0.3 is 6.03 Å². The standard InChI is InChI=1S/C18H26ClN3O3/c1-4-6-20-18(24)22-8-5-7-21(9-10-22)17(23)15-12-14(19)11-13(2)16(15)25-3/h11-12H,4-10H2,1-3H3,(H,20,24). The van der Waals surface area contributed by atoms with Gasteiger partial charge in [-0.3, -0.25) is 4.79 Å². The second-order valence-electron chi connectivity index (χ2n) is 6.17. The molecular formula is C18H26ClN3O3. The number of carbonyl (C=O) groups excluding carboxylic acids is 2. The molecule has 3 amide bonds. The molecule has 6 nitrogen and oxygen atoms in total. The van der Waals surface area contributed by atoms with Crippen molar-refractivity contribution in [2.75, 3.05) is 39.8 Å². The van der Waals surface area contributed by atoms with E-state index in [-0.39, 0.29) is 11.9 Å². The molecule has 2 rings (SSSR count). The van der Waals surface area contributed by atoms with Crippen LogP contribution >= 0.6 is 11.6 Å². The topological polar surface area (TPSA) is 61.9 Å². The van der Waals surface area contributed by atoms with Crippen molar-refractivity contribution in [3.63, 3.8) is 0 Å². The van der Waals surface area contributed by atoms with Crippen LogP contribution in [0.4, 0.5) is 4.79 Å². The van der Waals surface area contributed by atoms with E-state index in [0.717, 1.165) is 18.4 Å². The Morgan fingerprint density at radius 2 is 1.88 bits per heavy atom. The van der Waals surface area contributed by atoms with Crippen LogP contribution < -0.4 is 10.1 Å². The number of hydrogen-bond donors (Lipinski definition) is 1. The number of benzene rings is 1. The van der Waals surface area contributed by atoms with Gasteiger partial charge in [-0.25, -0.2) is 4.79 Å². The zero-order valence-electron chi connectivity index (χ0n) is 15.1. The summed E-state index contributed by atoms with van der Waals surface area (Å²) in [5.41, 5.74) is 1.30. The van der Waals surface area contributed by atoms with Crippen LogP contribution in [0, 0.1) is 6.92 Å². The van der Waals surface area contributed by atoms with Gasteiger partial charge in [0.2, 0.25) is 0 Å². The maximum Gasteiger partial charge on any atom is 0.317 e. The van der Waals surface area contributed by atoms with Crippen LogP contribution in [-0.4, -0.2) is 61.6 Å². The van der Waals surface area contributed by atoms with E-state index in [4.69, 9.17) is 16.3 Å². The number of halogens is 1. The van der Waals surface area contributed by atoms with Gasteiger partial charge in [0.15, 0.2) is 0 Å². The van der Waals surface area contributed by atoms with Gasteiger partial charge in [0.05, 0.1) is 12.7 Å². The van der Waals surface area contributed by atoms with Gasteiger partial charge in [0.1, 0.15) is 5.75 Å². The second-order valence-corrected chi connectivity index (χ2v) is 6.60. The first-order chi connectivity index (χ1) is 12.0. The predicted molar refractivity (Wildman–Crippen MR) is 98.5 cm³/mol. The molecule has 138 valence electrons. The summed E-state index contributed by atoms with van der Waals surface area (Å²) in [6.07, 6.45) is 1.64. The molecule has 7 heteroatoms. The Labute approximate surface area is 154 Å². The van der Waals surface area contributed by atoms with Gasteiger partial charge in [-0.15, -0.1) is 0 Å². The number of carbonyl (C=O) groups is 2. The lowest BCUT2D eigenvalue weighted by Crippen LogP contribution is -2.42. The molecule has 0 unspecified atom stereocenters. The van der Waals surface area contributed by atoms with Gasteiger partial charge in [0, 0.05) is 37.7 Å². The number of methoxy groups -OCH3 is 1. The maximum atomic E-state index is 13.0. The van der Waals surface area contributed by atoms with Crippen LogP contribution in [0.5, 0.6) is 5.75 Å². The molecule has 1 saturated heterocycles. The van der Waals surface area contributed by atoms with E-state index in [0.29, 0.717) is 49.1 Å². The van der Waals surface area contributed by atoms with Crippen molar-refractivity contribution in [1.82, 2.24) is 15.1 Å². The highest BCUT2D eigenvalue weighted by molar-refractivity contribution is 6.31. The van der Waals surface area contributed by atoms with Crippen LogP contribution in [0.3, 0.4) is 0 Å². The minimum absolute atomic E-state index is 0.0627. The fourth-order valence-corrected chi connectivity index (χ4v) is 3.27. The zero-order valence-corrected chi connectivity index (χ0v) is 15.9. The fraction of sp³-hybridized carbons (Fsp3) is 0.556. The monoisotopic (exact) mass is 367 g/mol. The molecule has 1 aromatic rings. The van der Waals surface area contributed by atoms with Crippen molar-refractivity contribution in [2.24, 2.45) is 0 Å². The molecule has 0 saturated carbocycles. The molecule has 1 heterocycles. The number of urea groups is 1. The van der Waals surface area contributed by atoms with Crippen LogP contribution in [0.25, 0.3) is 0 Å². The lowest BCUT2D eigenvalue weighted by molar-refractivity contribution is 0.0758. The highest BCUT2D eigenvalue weighted by Crippen LogP contribution is 2.29. The lowest BCUT2D eigenvalue weighted by atomic mass is 10.1. The quantitative estimate of drug-likeness (QED) is 0.890. The summed E-state index contributed by atoms with van der Waals surface area (Å²) in [5, 5.41) is 3.40. The Hall–Kier alpha value is -1.95. The van der Waals surface area contributed by atoms with E-state index in [2.05, 4.69) is 5.32 Å². The molecule has 0 spiro atoms. The van der Waals surface area contributed by atoms with Crippen molar-refractivity contribution in [3.05, 3.63) is 28.3 Å². The molecule has 1 fully saturated rings. The molecule has 0 aliphatic carbocycles. The molecule has 1 aliphatic heterocycles. The minimum atomic E-state index is -0.113. The number of nitrogens with zero attached hydrogens (tertiary/aromatic N) is 2. The molecule has 25 heavy (non-hydrogen) atoms. The third-order valence-electron chi connectivity index (χ3n) is 4.27. The van der Waals surface area contributed by atoms with Gasteiger partial charge in [-0.1, -0.05) is 18.5 Å². The maximum absolute atomic E-state index is 13.0. The normalized spacial score (nSPS) is 14.9. The Bertz CT molecular complexity index is 636. The Kier molecular flexibility index (Phi) is 6.93. The van der Waals surface area contributed by atoms with Crippen molar-refractivity contribution >= 4 is 23.5 Å². The van der Waals surface area contributed by atoms with Gasteiger partial charge in [0.25, 0.3) is 5.91 Å². The van der Waals surface area contributed by atoms with Crippen molar-refractivity contribution in [3.8, 4) is 5.75 Å². The van der Waals surface area contributed by atoms with Crippen LogP contribution in [0.2, 0.25) is 5.02 Å². The highest BCUT2D eigenvalue weighted by atomic mass is 35.5. The Morgan fingerprint density at radius 3 is 2.56 bits per heavy atom. The molecule has 1 N–H and O–H groups in total. The average molecular weight is 368 g/mol. The van der Waals surface area contributed by atoms with Crippen LogP contribution in [0.15, 0.2) is 12.1 Å². The van der Waals surface area contributed by atoms with E-state index in [1.165, 1.54) is 0 Å². The molecule has 0 atom stereocenters. The number of aryl methyl sites for hydroxylation is 1. The van der Waals surface area contributed by atoms with Crippen LogP contribution in [0.1, 0.15) is 35.7 Å². The van der Waals surface area contributed by atoms with Gasteiger partial charge in [-0.05, 0) is 37.5 Å².